The SMILES string of the molecule is c1ccc(COc2ccc(-c3noc(CN4CCN(c5ccccn5)CC4)n3)cc2)cc1. The standard InChI is InChI=1S/C25H25N5O2/c1-2-6-20(7-3-1)19-31-22-11-9-21(10-12-22)25-27-24(32-28-25)18-29-14-16-30(17-15-29)23-8-4-5-13-26-23/h1-13H,14-19H2. The molecular formula is C25H25N5O2. The highest BCUT2D eigenvalue weighted by molar-refractivity contribution is 5.55. The molecule has 7 nitrogen and oxygen atoms in total. The lowest BCUT2D eigenvalue weighted by Crippen LogP contribution is -2.46. The van der Waals surface area contributed by atoms with E-state index >= 15 is 0 Å². The molecule has 7 heteroatoms. The van der Waals surface area contributed by atoms with Crippen molar-refractivity contribution in [3.63, 3.8) is 0 Å². The molecule has 2 aromatic carbocycles. The van der Waals surface area contributed by atoms with E-state index in [1.54, 1.807) is 0 Å². The molecule has 32 heavy (non-hydrogen) atoms. The smallest absolute Gasteiger partial charge is 0.241 e. The van der Waals surface area contributed by atoms with Crippen LogP contribution in [0.25, 0.3) is 11.4 Å². The van der Waals surface area contributed by atoms with E-state index in [1.807, 2.05) is 72.9 Å². The zero-order chi connectivity index (χ0) is 21.6. The van der Waals surface area contributed by atoms with Crippen molar-refractivity contribution in [2.45, 2.75) is 13.2 Å². The van der Waals surface area contributed by atoms with Gasteiger partial charge in [0.2, 0.25) is 11.7 Å². The van der Waals surface area contributed by atoms with E-state index in [1.165, 1.54) is 0 Å². The Morgan fingerprint density at radius 3 is 2.38 bits per heavy atom. The summed E-state index contributed by atoms with van der Waals surface area (Å²) in [7, 11) is 0. The Hall–Kier alpha value is -3.71. The lowest BCUT2D eigenvalue weighted by atomic mass is 10.2. The van der Waals surface area contributed by atoms with Crippen LogP contribution in [-0.2, 0) is 13.2 Å². The third-order valence-electron chi connectivity index (χ3n) is 5.53. The largest absolute Gasteiger partial charge is 0.489 e. The van der Waals surface area contributed by atoms with Crippen molar-refractivity contribution in [2.24, 2.45) is 0 Å². The fourth-order valence-corrected chi connectivity index (χ4v) is 3.74. The maximum Gasteiger partial charge on any atom is 0.241 e. The Morgan fingerprint density at radius 1 is 0.844 bits per heavy atom. The minimum Gasteiger partial charge on any atom is -0.489 e. The van der Waals surface area contributed by atoms with Gasteiger partial charge in [-0.15, -0.1) is 0 Å². The van der Waals surface area contributed by atoms with Gasteiger partial charge in [0.25, 0.3) is 0 Å². The van der Waals surface area contributed by atoms with Gasteiger partial charge >= 0.3 is 0 Å². The molecule has 162 valence electrons. The minimum absolute atomic E-state index is 0.542. The van der Waals surface area contributed by atoms with Crippen molar-refractivity contribution in [3.8, 4) is 17.1 Å². The molecule has 0 unspecified atom stereocenters. The summed E-state index contributed by atoms with van der Waals surface area (Å²) in [6.45, 7) is 4.93. The van der Waals surface area contributed by atoms with E-state index in [9.17, 15) is 0 Å². The Morgan fingerprint density at radius 2 is 1.62 bits per heavy atom. The van der Waals surface area contributed by atoms with Crippen molar-refractivity contribution in [3.05, 3.63) is 90.4 Å². The second-order valence-corrected chi connectivity index (χ2v) is 7.76. The van der Waals surface area contributed by atoms with Gasteiger partial charge in [0.05, 0.1) is 6.54 Å². The maximum atomic E-state index is 5.85. The molecule has 0 N–H and O–H groups in total. The number of benzene rings is 2. The monoisotopic (exact) mass is 427 g/mol. The first-order valence-electron chi connectivity index (χ1n) is 10.8. The summed E-state index contributed by atoms with van der Waals surface area (Å²) in [6, 6.07) is 23.9. The van der Waals surface area contributed by atoms with Gasteiger partial charge in [-0.3, -0.25) is 4.90 Å². The highest BCUT2D eigenvalue weighted by Gasteiger charge is 2.20. The molecule has 0 bridgehead atoms. The number of nitrogens with zero attached hydrogens (tertiary/aromatic N) is 5. The van der Waals surface area contributed by atoms with Gasteiger partial charge in [-0.2, -0.15) is 4.98 Å². The third kappa shape index (κ3) is 4.95. The molecule has 5 rings (SSSR count). The summed E-state index contributed by atoms with van der Waals surface area (Å²) in [6.07, 6.45) is 1.84. The fraction of sp³-hybridized carbons (Fsp3) is 0.240. The predicted molar refractivity (Wildman–Crippen MR) is 122 cm³/mol. The number of pyridine rings is 1. The number of hydrogen-bond acceptors (Lipinski definition) is 7. The summed E-state index contributed by atoms with van der Waals surface area (Å²) < 4.78 is 11.4. The zero-order valence-corrected chi connectivity index (χ0v) is 17.8. The first-order chi connectivity index (χ1) is 15.8. The van der Waals surface area contributed by atoms with Crippen molar-refractivity contribution in [2.75, 3.05) is 31.1 Å². The molecule has 2 aromatic heterocycles. The minimum atomic E-state index is 0.542. The zero-order valence-electron chi connectivity index (χ0n) is 17.8. The lowest BCUT2D eigenvalue weighted by Gasteiger charge is -2.34. The molecule has 0 radical (unpaired) electrons. The molecule has 1 aliphatic heterocycles. The Kier molecular flexibility index (Phi) is 6.07. The molecule has 0 saturated carbocycles. The number of hydrogen-bond donors (Lipinski definition) is 0. The van der Waals surface area contributed by atoms with Crippen LogP contribution in [0.15, 0.2) is 83.5 Å². The first-order valence-corrected chi connectivity index (χ1v) is 10.8. The number of aromatic nitrogens is 3. The Labute approximate surface area is 187 Å². The van der Waals surface area contributed by atoms with E-state index in [4.69, 9.17) is 9.26 Å². The lowest BCUT2D eigenvalue weighted by molar-refractivity contribution is 0.215. The summed E-state index contributed by atoms with van der Waals surface area (Å²) in [5, 5.41) is 4.16. The molecular weight excluding hydrogens is 402 g/mol. The van der Waals surface area contributed by atoms with E-state index in [-0.39, 0.29) is 0 Å². The summed E-state index contributed by atoms with van der Waals surface area (Å²) in [5.74, 6) is 3.08. The van der Waals surface area contributed by atoms with Crippen LogP contribution in [0, 0.1) is 0 Å². The second kappa shape index (κ2) is 9.62. The summed E-state index contributed by atoms with van der Waals surface area (Å²) in [5.41, 5.74) is 2.05. The molecule has 0 aliphatic carbocycles. The van der Waals surface area contributed by atoms with Gasteiger partial charge < -0.3 is 14.2 Å². The van der Waals surface area contributed by atoms with Gasteiger partial charge in [0.1, 0.15) is 18.2 Å². The van der Waals surface area contributed by atoms with Crippen LogP contribution in [0.5, 0.6) is 5.75 Å². The van der Waals surface area contributed by atoms with Crippen LogP contribution in [0.4, 0.5) is 5.82 Å². The highest BCUT2D eigenvalue weighted by Crippen LogP contribution is 2.21. The maximum absolute atomic E-state index is 5.85. The van der Waals surface area contributed by atoms with Crippen molar-refractivity contribution in [1.82, 2.24) is 20.0 Å². The molecule has 4 aromatic rings. The van der Waals surface area contributed by atoms with E-state index in [0.29, 0.717) is 24.9 Å². The third-order valence-corrected chi connectivity index (χ3v) is 5.53. The molecule has 1 aliphatic rings. The van der Waals surface area contributed by atoms with Crippen LogP contribution in [0.3, 0.4) is 0 Å². The van der Waals surface area contributed by atoms with Gasteiger partial charge in [-0.1, -0.05) is 41.6 Å². The van der Waals surface area contributed by atoms with Gasteiger partial charge in [0, 0.05) is 37.9 Å². The van der Waals surface area contributed by atoms with E-state index in [2.05, 4.69) is 31.0 Å². The van der Waals surface area contributed by atoms with Gasteiger partial charge in [0.15, 0.2) is 0 Å². The van der Waals surface area contributed by atoms with Gasteiger partial charge in [-0.05, 0) is 42.0 Å². The number of ether oxygens (including phenoxy) is 1. The fourth-order valence-electron chi connectivity index (χ4n) is 3.74. The van der Waals surface area contributed by atoms with Crippen LogP contribution in [0.2, 0.25) is 0 Å². The molecule has 0 amide bonds. The molecule has 0 atom stereocenters. The number of rotatable bonds is 7. The average molecular weight is 428 g/mol. The number of piperazine rings is 1. The quantitative estimate of drug-likeness (QED) is 0.441. The predicted octanol–water partition coefficient (Wildman–Crippen LogP) is 4.03. The van der Waals surface area contributed by atoms with Crippen LogP contribution in [-0.4, -0.2) is 46.2 Å². The van der Waals surface area contributed by atoms with E-state index in [0.717, 1.165) is 48.9 Å². The van der Waals surface area contributed by atoms with Crippen molar-refractivity contribution >= 4 is 5.82 Å². The molecule has 3 heterocycles. The summed E-state index contributed by atoms with van der Waals surface area (Å²) in [4.78, 5) is 13.7. The highest BCUT2D eigenvalue weighted by atomic mass is 16.5. The normalized spacial score (nSPS) is 14.4. The Balaban J connectivity index is 1.14. The Bertz CT molecular complexity index is 1110. The van der Waals surface area contributed by atoms with E-state index < -0.39 is 0 Å². The number of anilines is 1. The topological polar surface area (TPSA) is 67.5 Å². The molecule has 0 spiro atoms. The van der Waals surface area contributed by atoms with Gasteiger partial charge in [-0.25, -0.2) is 4.98 Å². The van der Waals surface area contributed by atoms with Crippen LogP contribution >= 0.6 is 0 Å². The average Bonchev–Trinajstić information content (AvgIpc) is 3.33. The molecule has 1 saturated heterocycles. The summed E-state index contributed by atoms with van der Waals surface area (Å²) >= 11 is 0. The first kappa shape index (κ1) is 20.2. The van der Waals surface area contributed by atoms with Crippen molar-refractivity contribution in [1.29, 1.82) is 0 Å². The van der Waals surface area contributed by atoms with Crippen LogP contribution < -0.4 is 9.64 Å². The van der Waals surface area contributed by atoms with Crippen LogP contribution in [0.1, 0.15) is 11.5 Å². The molecule has 1 fully saturated rings. The second-order valence-electron chi connectivity index (χ2n) is 7.76. The van der Waals surface area contributed by atoms with Crippen molar-refractivity contribution < 1.29 is 9.26 Å².